The van der Waals surface area contributed by atoms with E-state index < -0.39 is 10.0 Å². The fraction of sp³-hybridized carbons (Fsp3) is 0.385. The molecule has 2 heterocycles. The van der Waals surface area contributed by atoms with E-state index in [-0.39, 0.29) is 22.9 Å². The zero-order valence-corrected chi connectivity index (χ0v) is 13.9. The summed E-state index contributed by atoms with van der Waals surface area (Å²) in [6, 6.07) is 6.21. The number of sulfonamides is 1. The Labute approximate surface area is 136 Å². The first-order valence-corrected chi connectivity index (χ1v) is 9.46. The van der Waals surface area contributed by atoms with Gasteiger partial charge in [-0.15, -0.1) is 11.3 Å². The van der Waals surface area contributed by atoms with E-state index in [1.165, 1.54) is 22.9 Å². The molecule has 1 N–H and O–H groups in total. The van der Waals surface area contributed by atoms with E-state index in [2.05, 4.69) is 9.82 Å². The van der Waals surface area contributed by atoms with Gasteiger partial charge in [-0.2, -0.15) is 5.10 Å². The first kappa shape index (κ1) is 15.7. The summed E-state index contributed by atoms with van der Waals surface area (Å²) in [5, 5.41) is 4.28. The lowest BCUT2D eigenvalue weighted by Gasteiger charge is -2.07. The van der Waals surface area contributed by atoms with Crippen molar-refractivity contribution in [3.05, 3.63) is 44.6 Å². The van der Waals surface area contributed by atoms with Gasteiger partial charge in [0.1, 0.15) is 4.21 Å². The first-order valence-electron chi connectivity index (χ1n) is 6.79. The van der Waals surface area contributed by atoms with Crippen LogP contribution in [0.25, 0.3) is 0 Å². The third-order valence-corrected chi connectivity index (χ3v) is 6.50. The van der Waals surface area contributed by atoms with Crippen LogP contribution >= 0.6 is 22.9 Å². The van der Waals surface area contributed by atoms with Gasteiger partial charge >= 0.3 is 0 Å². The standard InChI is InChI=1S/C13H14ClN3O3S2/c14-11-4-6-13(21-11)22(19,20)15-7-8-17-12(18)5-3-10(16-17)9-1-2-9/h3-6,9,15H,1-2,7-8H2. The largest absolute Gasteiger partial charge is 0.268 e. The predicted molar refractivity (Wildman–Crippen MR) is 85.0 cm³/mol. The number of rotatable bonds is 6. The highest BCUT2D eigenvalue weighted by atomic mass is 35.5. The number of nitrogens with zero attached hydrogens (tertiary/aromatic N) is 2. The van der Waals surface area contributed by atoms with Crippen LogP contribution in [0.5, 0.6) is 0 Å². The second-order valence-corrected chi connectivity index (χ2v) is 8.76. The Morgan fingerprint density at radius 1 is 1.32 bits per heavy atom. The number of aromatic nitrogens is 2. The lowest BCUT2D eigenvalue weighted by Crippen LogP contribution is -2.31. The Bertz CT molecular complexity index is 840. The van der Waals surface area contributed by atoms with Crippen LogP contribution in [0.1, 0.15) is 24.5 Å². The van der Waals surface area contributed by atoms with Crippen molar-refractivity contribution < 1.29 is 8.42 Å². The summed E-state index contributed by atoms with van der Waals surface area (Å²) >= 11 is 6.73. The molecule has 2 aromatic rings. The maximum Gasteiger partial charge on any atom is 0.266 e. The number of hydrogen-bond acceptors (Lipinski definition) is 5. The van der Waals surface area contributed by atoms with Crippen LogP contribution < -0.4 is 10.3 Å². The molecule has 1 aliphatic rings. The summed E-state index contributed by atoms with van der Waals surface area (Å²) in [4.78, 5) is 11.8. The van der Waals surface area contributed by atoms with Gasteiger partial charge in [-0.05, 0) is 31.0 Å². The molecule has 0 atom stereocenters. The van der Waals surface area contributed by atoms with Gasteiger partial charge < -0.3 is 0 Å². The normalized spacial score (nSPS) is 15.1. The molecular weight excluding hydrogens is 346 g/mol. The van der Waals surface area contributed by atoms with Crippen LogP contribution in [0.4, 0.5) is 0 Å². The summed E-state index contributed by atoms with van der Waals surface area (Å²) in [6.45, 7) is 0.288. The summed E-state index contributed by atoms with van der Waals surface area (Å²) < 4.78 is 28.4. The zero-order valence-electron chi connectivity index (χ0n) is 11.5. The Morgan fingerprint density at radius 2 is 2.09 bits per heavy atom. The van der Waals surface area contributed by atoms with Crippen molar-refractivity contribution in [2.24, 2.45) is 0 Å². The lowest BCUT2D eigenvalue weighted by molar-refractivity contribution is 0.541. The molecule has 2 aromatic heterocycles. The highest BCUT2D eigenvalue weighted by molar-refractivity contribution is 7.91. The van der Waals surface area contributed by atoms with Gasteiger partial charge in [0.2, 0.25) is 10.0 Å². The maximum absolute atomic E-state index is 12.0. The molecule has 9 heteroatoms. The second-order valence-electron chi connectivity index (χ2n) is 5.05. The van der Waals surface area contributed by atoms with Crippen molar-refractivity contribution in [3.63, 3.8) is 0 Å². The molecule has 1 fully saturated rings. The van der Waals surface area contributed by atoms with Crippen LogP contribution in [0.15, 0.2) is 33.3 Å². The average Bonchev–Trinajstić information content (AvgIpc) is 3.22. The van der Waals surface area contributed by atoms with Crippen molar-refractivity contribution in [3.8, 4) is 0 Å². The van der Waals surface area contributed by atoms with Gasteiger partial charge in [0.25, 0.3) is 5.56 Å². The molecule has 0 unspecified atom stereocenters. The van der Waals surface area contributed by atoms with Crippen molar-refractivity contribution in [2.75, 3.05) is 6.54 Å². The molecule has 0 aliphatic heterocycles. The lowest BCUT2D eigenvalue weighted by atomic mass is 10.3. The Hall–Kier alpha value is -1.22. The fourth-order valence-corrected chi connectivity index (χ4v) is 4.57. The number of nitrogens with one attached hydrogen (secondary N) is 1. The monoisotopic (exact) mass is 359 g/mol. The number of halogens is 1. The molecule has 0 radical (unpaired) electrons. The fourth-order valence-electron chi connectivity index (χ4n) is 2.02. The molecule has 1 saturated carbocycles. The van der Waals surface area contributed by atoms with E-state index >= 15 is 0 Å². The van der Waals surface area contributed by atoms with Crippen LogP contribution in [0.2, 0.25) is 4.34 Å². The summed E-state index contributed by atoms with van der Waals surface area (Å²) in [5.74, 6) is 0.441. The van der Waals surface area contributed by atoms with E-state index in [0.717, 1.165) is 29.9 Å². The molecule has 0 saturated heterocycles. The van der Waals surface area contributed by atoms with Gasteiger partial charge in [0.05, 0.1) is 16.6 Å². The third-order valence-electron chi connectivity index (χ3n) is 3.31. The average molecular weight is 360 g/mol. The quantitative estimate of drug-likeness (QED) is 0.852. The Balaban J connectivity index is 1.65. The minimum Gasteiger partial charge on any atom is -0.268 e. The van der Waals surface area contributed by atoms with E-state index in [1.54, 1.807) is 6.07 Å². The molecule has 0 spiro atoms. The van der Waals surface area contributed by atoms with Gasteiger partial charge in [0.15, 0.2) is 0 Å². The van der Waals surface area contributed by atoms with Crippen molar-refractivity contribution >= 4 is 33.0 Å². The summed E-state index contributed by atoms with van der Waals surface area (Å²) in [5.41, 5.74) is 0.662. The molecule has 3 rings (SSSR count). The van der Waals surface area contributed by atoms with Crippen LogP contribution in [-0.2, 0) is 16.6 Å². The molecule has 0 amide bonds. The van der Waals surface area contributed by atoms with E-state index in [9.17, 15) is 13.2 Å². The first-order chi connectivity index (χ1) is 10.5. The molecule has 0 aromatic carbocycles. The van der Waals surface area contributed by atoms with Crippen molar-refractivity contribution in [1.29, 1.82) is 0 Å². The second kappa shape index (κ2) is 6.11. The van der Waals surface area contributed by atoms with Crippen molar-refractivity contribution in [1.82, 2.24) is 14.5 Å². The Kier molecular flexibility index (Phi) is 4.35. The van der Waals surface area contributed by atoms with Crippen LogP contribution in [0.3, 0.4) is 0 Å². The minimum atomic E-state index is -3.60. The van der Waals surface area contributed by atoms with Gasteiger partial charge in [0, 0.05) is 18.5 Å². The highest BCUT2D eigenvalue weighted by Gasteiger charge is 2.25. The molecule has 22 heavy (non-hydrogen) atoms. The summed E-state index contributed by atoms with van der Waals surface area (Å²) in [7, 11) is -3.60. The van der Waals surface area contributed by atoms with Gasteiger partial charge in [-0.1, -0.05) is 11.6 Å². The number of hydrogen-bond donors (Lipinski definition) is 1. The smallest absolute Gasteiger partial charge is 0.266 e. The topological polar surface area (TPSA) is 81.1 Å². The van der Waals surface area contributed by atoms with Gasteiger partial charge in [-0.3, -0.25) is 4.79 Å². The third kappa shape index (κ3) is 3.57. The molecule has 6 nitrogen and oxygen atoms in total. The predicted octanol–water partition coefficient (Wildman–Crippen LogP) is 1.81. The molecule has 118 valence electrons. The van der Waals surface area contributed by atoms with Crippen LogP contribution in [0, 0.1) is 0 Å². The van der Waals surface area contributed by atoms with Gasteiger partial charge in [-0.25, -0.2) is 17.8 Å². The SMILES string of the molecule is O=c1ccc(C2CC2)nn1CCNS(=O)(=O)c1ccc(Cl)s1. The number of thiophene rings is 1. The molecule has 0 bridgehead atoms. The highest BCUT2D eigenvalue weighted by Crippen LogP contribution is 2.38. The molecule has 1 aliphatic carbocycles. The Morgan fingerprint density at radius 3 is 2.73 bits per heavy atom. The maximum atomic E-state index is 12.0. The van der Waals surface area contributed by atoms with Crippen molar-refractivity contribution in [2.45, 2.75) is 29.5 Å². The minimum absolute atomic E-state index is 0.0961. The molecular formula is C13H14ClN3O3S2. The van der Waals surface area contributed by atoms with Crippen LogP contribution in [-0.4, -0.2) is 24.7 Å². The van der Waals surface area contributed by atoms with E-state index in [4.69, 9.17) is 11.6 Å². The summed E-state index contributed by atoms with van der Waals surface area (Å²) in [6.07, 6.45) is 2.19. The van der Waals surface area contributed by atoms with E-state index in [1.807, 2.05) is 0 Å². The van der Waals surface area contributed by atoms with E-state index in [0.29, 0.717) is 10.3 Å². The zero-order chi connectivity index (χ0) is 15.7.